The van der Waals surface area contributed by atoms with Crippen LogP contribution in [0.5, 0.6) is 0 Å². The lowest BCUT2D eigenvalue weighted by Crippen LogP contribution is -2.48. The van der Waals surface area contributed by atoms with E-state index in [0.29, 0.717) is 24.2 Å². The monoisotopic (exact) mass is 594 g/mol. The van der Waals surface area contributed by atoms with Gasteiger partial charge >= 0.3 is 11.9 Å². The number of esters is 2. The summed E-state index contributed by atoms with van der Waals surface area (Å²) < 4.78 is 11.6. The van der Waals surface area contributed by atoms with E-state index in [2.05, 4.69) is 41.7 Å². The largest absolute Gasteiger partial charge is 0.457 e. The van der Waals surface area contributed by atoms with Gasteiger partial charge in [0.25, 0.3) is 0 Å². The van der Waals surface area contributed by atoms with E-state index in [1.165, 1.54) is 0 Å². The minimum atomic E-state index is -0.695. The molecule has 3 aliphatic rings. The van der Waals surface area contributed by atoms with Crippen molar-refractivity contribution in [1.82, 2.24) is 9.80 Å². The Hall–Kier alpha value is -1.82. The fourth-order valence-corrected chi connectivity index (χ4v) is 6.18. The summed E-state index contributed by atoms with van der Waals surface area (Å²) in [5.41, 5.74) is 4.16. The zero-order valence-corrected chi connectivity index (χ0v) is 21.5. The number of carbonyl (C=O) groups excluding carboxylic acids is 2. The number of hydrogen-bond acceptors (Lipinski definition) is 8. The van der Waals surface area contributed by atoms with Crippen molar-refractivity contribution in [2.45, 2.75) is 25.4 Å². The first kappa shape index (κ1) is 23.9. The van der Waals surface area contributed by atoms with Crippen molar-refractivity contribution in [3.05, 3.63) is 66.6 Å². The number of halogens is 2. The maximum atomic E-state index is 11.7. The van der Waals surface area contributed by atoms with Crippen molar-refractivity contribution in [1.29, 1.82) is 0 Å². The van der Waals surface area contributed by atoms with Gasteiger partial charge in [-0.05, 0) is 55.1 Å². The molecule has 5 rings (SSSR count). The predicted octanol–water partition coefficient (Wildman–Crippen LogP) is 2.94. The minimum absolute atomic E-state index is 0.222. The van der Waals surface area contributed by atoms with Crippen molar-refractivity contribution in [3.8, 4) is 0 Å². The molecule has 0 amide bonds. The Morgan fingerprint density at radius 2 is 1.12 bits per heavy atom. The molecule has 10 heteroatoms. The van der Waals surface area contributed by atoms with Crippen LogP contribution in [0.2, 0.25) is 0 Å². The highest BCUT2D eigenvalue weighted by molar-refractivity contribution is 9.10. The molecular formula is C24H24Br2N2O6. The molecule has 2 atom stereocenters. The first-order chi connectivity index (χ1) is 16.3. The SMILES string of the molecule is O=C1OCc2c1ccc(C(O)CN1CCN(CC(O)c3ccc4c(c3Br)COC4=O)CC1)c2Br. The quantitative estimate of drug-likeness (QED) is 0.492. The standard InChI is InChI=1S/C24H24Br2N2O6/c25-21-15(3-1-13-17(21)11-33-23(13)31)19(29)9-27-5-7-28(8-6-27)10-20(30)16-4-2-14-18(22(16)26)12-34-24(14)32/h1-4,19-20,29-30H,5-12H2. The molecule has 0 aromatic heterocycles. The number of fused-ring (bicyclic) bond motifs is 2. The van der Waals surface area contributed by atoms with Gasteiger partial charge in [0.05, 0.1) is 23.3 Å². The van der Waals surface area contributed by atoms with E-state index in [-0.39, 0.29) is 25.2 Å². The number of aliphatic hydroxyl groups excluding tert-OH is 2. The zero-order valence-electron chi connectivity index (χ0n) is 18.3. The van der Waals surface area contributed by atoms with E-state index in [0.717, 1.165) is 57.4 Å². The van der Waals surface area contributed by atoms with Crippen LogP contribution in [0.4, 0.5) is 0 Å². The van der Waals surface area contributed by atoms with Gasteiger partial charge in [-0.2, -0.15) is 0 Å². The fourth-order valence-electron chi connectivity index (χ4n) is 4.73. The lowest BCUT2D eigenvalue weighted by molar-refractivity contribution is 0.0478. The predicted molar refractivity (Wildman–Crippen MR) is 129 cm³/mol. The molecule has 0 aliphatic carbocycles. The van der Waals surface area contributed by atoms with E-state index in [1.807, 2.05) is 0 Å². The Morgan fingerprint density at radius 3 is 1.50 bits per heavy atom. The fraction of sp³-hybridized carbons (Fsp3) is 0.417. The molecule has 2 aromatic rings. The summed E-state index contributed by atoms with van der Waals surface area (Å²) in [6.45, 7) is 4.46. The number of β-amino-alcohol motifs (C(OH)–C–C–N with tert-alkyl or cyclic N) is 2. The normalized spacial score (nSPS) is 20.0. The summed E-state index contributed by atoms with van der Waals surface area (Å²) in [6.07, 6.45) is -1.39. The van der Waals surface area contributed by atoms with Crippen LogP contribution in [0.1, 0.15) is 55.2 Å². The summed E-state index contributed by atoms with van der Waals surface area (Å²) in [6, 6.07) is 6.98. The van der Waals surface area contributed by atoms with Crippen molar-refractivity contribution in [2.24, 2.45) is 0 Å². The van der Waals surface area contributed by atoms with Crippen LogP contribution in [-0.4, -0.2) is 71.2 Å². The molecule has 180 valence electrons. The molecule has 3 heterocycles. The highest BCUT2D eigenvalue weighted by Gasteiger charge is 2.30. The molecule has 2 unspecified atom stereocenters. The third-order valence-corrected chi connectivity index (χ3v) is 8.60. The maximum Gasteiger partial charge on any atom is 0.338 e. The number of piperazine rings is 1. The smallest absolute Gasteiger partial charge is 0.338 e. The van der Waals surface area contributed by atoms with Crippen molar-refractivity contribution in [3.63, 3.8) is 0 Å². The Labute approximate surface area is 213 Å². The van der Waals surface area contributed by atoms with Gasteiger partial charge < -0.3 is 19.7 Å². The summed E-state index contributed by atoms with van der Waals surface area (Å²) in [5.74, 6) is -0.660. The first-order valence-electron chi connectivity index (χ1n) is 11.1. The number of carbonyl (C=O) groups is 2. The van der Waals surface area contributed by atoms with Gasteiger partial charge in [-0.15, -0.1) is 0 Å². The van der Waals surface area contributed by atoms with Crippen molar-refractivity contribution in [2.75, 3.05) is 39.3 Å². The van der Waals surface area contributed by atoms with Gasteiger partial charge in [-0.25, -0.2) is 9.59 Å². The molecule has 1 fully saturated rings. The maximum absolute atomic E-state index is 11.7. The Kier molecular flexibility index (Phi) is 6.80. The lowest BCUT2D eigenvalue weighted by Gasteiger charge is -2.36. The van der Waals surface area contributed by atoms with Crippen LogP contribution in [0, 0.1) is 0 Å². The average molecular weight is 596 g/mol. The summed E-state index contributed by atoms with van der Waals surface area (Å²) in [5, 5.41) is 21.7. The van der Waals surface area contributed by atoms with Crippen LogP contribution < -0.4 is 0 Å². The Bertz CT molecular complexity index is 1060. The summed E-state index contributed by atoms with van der Waals surface area (Å²) in [4.78, 5) is 27.9. The number of cyclic esters (lactones) is 2. The molecule has 2 aromatic carbocycles. The molecule has 8 nitrogen and oxygen atoms in total. The number of aliphatic hydroxyl groups is 2. The molecule has 0 bridgehead atoms. The van der Waals surface area contributed by atoms with Gasteiger partial charge in [-0.1, -0.05) is 12.1 Å². The number of benzene rings is 2. The average Bonchev–Trinajstić information content (AvgIpc) is 3.39. The molecule has 2 N–H and O–H groups in total. The third kappa shape index (κ3) is 4.43. The number of hydrogen-bond donors (Lipinski definition) is 2. The van der Waals surface area contributed by atoms with Crippen LogP contribution in [0.15, 0.2) is 33.2 Å². The van der Waals surface area contributed by atoms with E-state index < -0.39 is 12.2 Å². The Morgan fingerprint density at radius 1 is 0.735 bits per heavy atom. The van der Waals surface area contributed by atoms with Crippen molar-refractivity contribution < 1.29 is 29.3 Å². The topological polar surface area (TPSA) is 99.5 Å². The Balaban J connectivity index is 1.16. The van der Waals surface area contributed by atoms with Crippen LogP contribution >= 0.6 is 31.9 Å². The second-order valence-corrected chi connectivity index (χ2v) is 10.4. The molecule has 1 saturated heterocycles. The molecule has 0 saturated carbocycles. The second kappa shape index (κ2) is 9.67. The molecule has 0 spiro atoms. The molecule has 3 aliphatic heterocycles. The zero-order chi connectivity index (χ0) is 24.0. The van der Waals surface area contributed by atoms with Crippen molar-refractivity contribution >= 4 is 43.8 Å². The summed E-state index contributed by atoms with van der Waals surface area (Å²) in [7, 11) is 0. The van der Waals surface area contributed by atoms with E-state index in [1.54, 1.807) is 24.3 Å². The van der Waals surface area contributed by atoms with Crippen LogP contribution in [0.25, 0.3) is 0 Å². The number of rotatable bonds is 6. The van der Waals surface area contributed by atoms with Gasteiger partial charge in [0.1, 0.15) is 13.2 Å². The highest BCUT2D eigenvalue weighted by Crippen LogP contribution is 2.35. The highest BCUT2D eigenvalue weighted by atomic mass is 79.9. The lowest BCUT2D eigenvalue weighted by atomic mass is 10.0. The second-order valence-electron chi connectivity index (χ2n) is 8.77. The van der Waals surface area contributed by atoms with Crippen LogP contribution in [-0.2, 0) is 22.7 Å². The number of nitrogens with zero attached hydrogens (tertiary/aromatic N) is 2. The molecular weight excluding hydrogens is 572 g/mol. The number of ether oxygens (including phenoxy) is 2. The van der Waals surface area contributed by atoms with Gasteiger partial charge in [0.15, 0.2) is 0 Å². The van der Waals surface area contributed by atoms with Gasteiger partial charge in [0.2, 0.25) is 0 Å². The molecule has 34 heavy (non-hydrogen) atoms. The van der Waals surface area contributed by atoms with Gasteiger partial charge in [0, 0.05) is 59.3 Å². The van der Waals surface area contributed by atoms with E-state index in [4.69, 9.17) is 9.47 Å². The molecule has 0 radical (unpaired) electrons. The first-order valence-corrected chi connectivity index (χ1v) is 12.7. The minimum Gasteiger partial charge on any atom is -0.457 e. The van der Waals surface area contributed by atoms with E-state index in [9.17, 15) is 19.8 Å². The van der Waals surface area contributed by atoms with Gasteiger partial charge in [-0.3, -0.25) is 9.80 Å². The summed E-state index contributed by atoms with van der Waals surface area (Å²) >= 11 is 7.07. The third-order valence-electron chi connectivity index (χ3n) is 6.73. The van der Waals surface area contributed by atoms with Crippen LogP contribution in [0.3, 0.4) is 0 Å². The van der Waals surface area contributed by atoms with E-state index >= 15 is 0 Å².